The first-order valence-electron chi connectivity index (χ1n) is 11.5. The monoisotopic (exact) mass is 506 g/mol. The molecule has 1 aliphatic rings. The Labute approximate surface area is 205 Å². The number of thioether (sulfide) groups is 1. The molecule has 34 heavy (non-hydrogen) atoms. The van der Waals surface area contributed by atoms with E-state index in [1.165, 1.54) is 0 Å². The van der Waals surface area contributed by atoms with Gasteiger partial charge in [-0.15, -0.1) is 16.8 Å². The summed E-state index contributed by atoms with van der Waals surface area (Å²) in [6.45, 7) is 9.67. The first-order chi connectivity index (χ1) is 16.2. The Morgan fingerprint density at radius 2 is 1.38 bits per heavy atom. The molecule has 12 heteroatoms. The average molecular weight is 507 g/mol. The Hall–Kier alpha value is -1.73. The molecule has 0 aliphatic carbocycles. The van der Waals surface area contributed by atoms with Crippen LogP contribution in [-0.4, -0.2) is 98.7 Å². The number of hydrogen-bond donors (Lipinski definition) is 1. The van der Waals surface area contributed by atoms with Crippen LogP contribution in [0.2, 0.25) is 0 Å². The third kappa shape index (κ3) is 14.5. The summed E-state index contributed by atoms with van der Waals surface area (Å²) >= 11 is 1.65. The van der Waals surface area contributed by atoms with Crippen LogP contribution in [0.15, 0.2) is 0 Å². The van der Waals surface area contributed by atoms with Crippen molar-refractivity contribution in [3.8, 4) is 0 Å². The van der Waals surface area contributed by atoms with Gasteiger partial charge >= 0.3 is 5.97 Å². The molecule has 0 aromatic rings. The molecule has 0 bridgehead atoms. The summed E-state index contributed by atoms with van der Waals surface area (Å²) in [4.78, 5) is 50.8. The van der Waals surface area contributed by atoms with E-state index in [0.717, 1.165) is 6.42 Å². The van der Waals surface area contributed by atoms with Gasteiger partial charge in [0.25, 0.3) is 11.8 Å². The van der Waals surface area contributed by atoms with Crippen molar-refractivity contribution in [1.82, 2.24) is 10.4 Å². The largest absolute Gasteiger partial charge is 0.378 e. The number of hydroxylamine groups is 2. The van der Waals surface area contributed by atoms with Crippen molar-refractivity contribution < 1.29 is 43.0 Å². The lowest BCUT2D eigenvalue weighted by molar-refractivity contribution is -0.198. The van der Waals surface area contributed by atoms with Gasteiger partial charge in [-0.05, 0) is 6.42 Å². The third-order valence-electron chi connectivity index (χ3n) is 4.78. The summed E-state index contributed by atoms with van der Waals surface area (Å²) < 4.78 is 21.5. The van der Waals surface area contributed by atoms with Crippen LogP contribution in [0.1, 0.15) is 46.5 Å². The smallest absolute Gasteiger partial charge is 0.335 e. The molecule has 1 N–H and O–H groups in total. The Morgan fingerprint density at radius 1 is 0.882 bits per heavy atom. The number of ether oxygens (including phenoxy) is 4. The van der Waals surface area contributed by atoms with Gasteiger partial charge in [-0.3, -0.25) is 14.4 Å². The minimum absolute atomic E-state index is 0.0162. The number of amides is 3. The van der Waals surface area contributed by atoms with Crippen LogP contribution < -0.4 is 5.32 Å². The van der Waals surface area contributed by atoms with Crippen molar-refractivity contribution in [3.63, 3.8) is 0 Å². The lowest BCUT2D eigenvalue weighted by Gasteiger charge is -2.21. The molecule has 3 amide bonds. The predicted octanol–water partition coefficient (Wildman–Crippen LogP) is 1.09. The molecule has 0 saturated carbocycles. The molecule has 1 rings (SSSR count). The van der Waals surface area contributed by atoms with Gasteiger partial charge in [0, 0.05) is 24.1 Å². The van der Waals surface area contributed by atoms with Crippen molar-refractivity contribution in [2.24, 2.45) is 0 Å². The topological polar surface area (TPSA) is 130 Å². The van der Waals surface area contributed by atoms with Gasteiger partial charge in [-0.1, -0.05) is 20.8 Å². The van der Waals surface area contributed by atoms with Gasteiger partial charge in [-0.2, -0.15) is 0 Å². The molecule has 0 spiro atoms. The zero-order valence-electron chi connectivity index (χ0n) is 20.4. The van der Waals surface area contributed by atoms with E-state index in [0.29, 0.717) is 57.0 Å². The van der Waals surface area contributed by atoms with E-state index in [1.54, 1.807) is 11.8 Å². The second-order valence-electron chi connectivity index (χ2n) is 8.00. The van der Waals surface area contributed by atoms with E-state index in [2.05, 4.69) is 26.1 Å². The highest BCUT2D eigenvalue weighted by molar-refractivity contribution is 8.01. The second kappa shape index (κ2) is 17.7. The maximum Gasteiger partial charge on any atom is 0.335 e. The average Bonchev–Trinajstić information content (AvgIpc) is 3.12. The third-order valence-corrected chi connectivity index (χ3v) is 6.26. The Morgan fingerprint density at radius 3 is 1.91 bits per heavy atom. The number of rotatable bonds is 20. The van der Waals surface area contributed by atoms with Crippen molar-refractivity contribution in [2.75, 3.05) is 65.2 Å². The lowest BCUT2D eigenvalue weighted by atomic mass is 10.1. The van der Waals surface area contributed by atoms with Gasteiger partial charge in [-0.25, -0.2) is 4.79 Å². The molecule has 1 aliphatic heterocycles. The van der Waals surface area contributed by atoms with Crippen LogP contribution in [0.5, 0.6) is 0 Å². The molecule has 0 aromatic heterocycles. The van der Waals surface area contributed by atoms with E-state index < -0.39 is 17.8 Å². The highest BCUT2D eigenvalue weighted by Gasteiger charge is 2.32. The molecule has 1 heterocycles. The predicted molar refractivity (Wildman–Crippen MR) is 125 cm³/mol. The van der Waals surface area contributed by atoms with E-state index >= 15 is 0 Å². The number of nitrogens with one attached hydrogen (secondary N) is 1. The number of imide groups is 1. The first-order valence-corrected chi connectivity index (χ1v) is 12.5. The fourth-order valence-electron chi connectivity index (χ4n) is 2.40. The molecule has 0 atom stereocenters. The highest BCUT2D eigenvalue weighted by atomic mass is 32.2. The van der Waals surface area contributed by atoms with Crippen molar-refractivity contribution in [3.05, 3.63) is 0 Å². The van der Waals surface area contributed by atoms with Gasteiger partial charge in [0.1, 0.15) is 0 Å². The van der Waals surface area contributed by atoms with Crippen LogP contribution in [0, 0.1) is 0 Å². The molecular formula is C22H38N2O9S. The summed E-state index contributed by atoms with van der Waals surface area (Å²) in [5.41, 5.74) is 0. The zero-order chi connectivity index (χ0) is 25.2. The first kappa shape index (κ1) is 30.3. The maximum atomic E-state index is 11.8. The quantitative estimate of drug-likeness (QED) is 0.189. The van der Waals surface area contributed by atoms with E-state index in [-0.39, 0.29) is 43.1 Å². The van der Waals surface area contributed by atoms with Crippen LogP contribution in [0.3, 0.4) is 0 Å². The standard InChI is InChI=1S/C22H38N2O9S/c1-4-22(2,3)34-17-18(25)23-8-10-30-12-14-32-16-15-31-13-11-29-9-7-21(28)33-24-19(26)5-6-20(24)27/h4-17H2,1-3H3,(H,23,25). The second-order valence-corrected chi connectivity index (χ2v) is 9.68. The molecule has 0 unspecified atom stereocenters. The normalized spacial score (nSPS) is 14.0. The summed E-state index contributed by atoms with van der Waals surface area (Å²) in [6.07, 6.45) is 1.07. The Bertz CT molecular complexity index is 630. The van der Waals surface area contributed by atoms with Crippen LogP contribution in [-0.2, 0) is 43.0 Å². The molecule has 1 saturated heterocycles. The van der Waals surface area contributed by atoms with Gasteiger partial charge in [0.05, 0.1) is 65.0 Å². The van der Waals surface area contributed by atoms with Gasteiger partial charge < -0.3 is 29.1 Å². The number of carbonyl (C=O) groups excluding carboxylic acids is 4. The lowest BCUT2D eigenvalue weighted by Crippen LogP contribution is -2.32. The van der Waals surface area contributed by atoms with Crippen molar-refractivity contribution in [2.45, 2.75) is 51.2 Å². The zero-order valence-corrected chi connectivity index (χ0v) is 21.2. The van der Waals surface area contributed by atoms with Crippen LogP contribution in [0.4, 0.5) is 0 Å². The summed E-state index contributed by atoms with van der Waals surface area (Å²) in [5.74, 6) is -1.25. The van der Waals surface area contributed by atoms with E-state index in [1.807, 2.05) is 0 Å². The summed E-state index contributed by atoms with van der Waals surface area (Å²) in [6, 6.07) is 0. The molecule has 196 valence electrons. The van der Waals surface area contributed by atoms with E-state index in [9.17, 15) is 19.2 Å². The maximum absolute atomic E-state index is 11.8. The molecule has 0 radical (unpaired) electrons. The van der Waals surface area contributed by atoms with Crippen molar-refractivity contribution >= 4 is 35.5 Å². The fraction of sp³-hybridized carbons (Fsp3) is 0.818. The molecule has 0 aromatic carbocycles. The summed E-state index contributed by atoms with van der Waals surface area (Å²) in [7, 11) is 0. The minimum Gasteiger partial charge on any atom is -0.378 e. The molecule has 11 nitrogen and oxygen atoms in total. The van der Waals surface area contributed by atoms with E-state index in [4.69, 9.17) is 23.8 Å². The fourth-order valence-corrected chi connectivity index (χ4v) is 3.23. The number of hydrogen-bond acceptors (Lipinski definition) is 10. The SMILES string of the molecule is CCC(C)(C)SCC(=O)NCCOCCOCCOCCOCCC(=O)ON1C(=O)CCC1=O. The Balaban J connectivity index is 1.81. The molecule has 1 fully saturated rings. The van der Waals surface area contributed by atoms with Gasteiger partial charge in [0.15, 0.2) is 0 Å². The summed E-state index contributed by atoms with van der Waals surface area (Å²) in [5, 5.41) is 3.35. The van der Waals surface area contributed by atoms with Crippen LogP contribution >= 0.6 is 11.8 Å². The number of carbonyl (C=O) groups is 4. The minimum atomic E-state index is -0.697. The van der Waals surface area contributed by atoms with Crippen molar-refractivity contribution in [1.29, 1.82) is 0 Å². The van der Waals surface area contributed by atoms with Crippen LogP contribution in [0.25, 0.3) is 0 Å². The highest BCUT2D eigenvalue weighted by Crippen LogP contribution is 2.27. The molecular weight excluding hydrogens is 468 g/mol. The number of nitrogens with zero attached hydrogens (tertiary/aromatic N) is 1. The van der Waals surface area contributed by atoms with Gasteiger partial charge in [0.2, 0.25) is 5.91 Å². The Kier molecular flexibility index (Phi) is 15.7.